The van der Waals surface area contributed by atoms with Crippen LogP contribution in [0, 0.1) is 22.7 Å². The SMILES string of the molecule is CC(C)Cc1cnn(C2CCN([C@@H]3CCCC34CCC4)CC2)c1.CC(C)Cc1cnn(C2CCN([C@H]3CCCC34CCC4)CC2)c1. The molecular formula is C40H66N6. The molecule has 0 N–H and O–H groups in total. The zero-order valence-corrected chi connectivity index (χ0v) is 30.0. The van der Waals surface area contributed by atoms with Gasteiger partial charge in [-0.3, -0.25) is 19.2 Å². The monoisotopic (exact) mass is 631 g/mol. The molecule has 6 heteroatoms. The van der Waals surface area contributed by atoms with Gasteiger partial charge in [-0.25, -0.2) is 0 Å². The molecule has 0 amide bonds. The first-order chi connectivity index (χ1) is 22.3. The molecule has 2 aromatic rings. The Bertz CT molecular complexity index is 1140. The molecule has 4 heterocycles. The summed E-state index contributed by atoms with van der Waals surface area (Å²) >= 11 is 0. The predicted octanol–water partition coefficient (Wildman–Crippen LogP) is 8.88. The van der Waals surface area contributed by atoms with Crippen molar-refractivity contribution in [3.63, 3.8) is 0 Å². The van der Waals surface area contributed by atoms with Crippen molar-refractivity contribution in [3.8, 4) is 0 Å². The molecule has 4 saturated carbocycles. The fourth-order valence-electron chi connectivity index (χ4n) is 11.0. The molecule has 0 aromatic carbocycles. The van der Waals surface area contributed by atoms with Crippen LogP contribution in [0.15, 0.2) is 24.8 Å². The van der Waals surface area contributed by atoms with Crippen molar-refractivity contribution < 1.29 is 0 Å². The van der Waals surface area contributed by atoms with Crippen molar-refractivity contribution >= 4 is 0 Å². The molecule has 2 spiro atoms. The molecule has 0 unspecified atom stereocenters. The van der Waals surface area contributed by atoms with E-state index in [-0.39, 0.29) is 0 Å². The Kier molecular flexibility index (Phi) is 10.0. The van der Waals surface area contributed by atoms with E-state index in [1.807, 2.05) is 0 Å². The van der Waals surface area contributed by atoms with Crippen LogP contribution in [0.5, 0.6) is 0 Å². The van der Waals surface area contributed by atoms with Crippen LogP contribution < -0.4 is 0 Å². The zero-order valence-electron chi connectivity index (χ0n) is 30.0. The average molecular weight is 631 g/mol. The lowest BCUT2D eigenvalue weighted by atomic mass is 9.64. The highest BCUT2D eigenvalue weighted by Gasteiger charge is 2.50. The standard InChI is InChI=1S/2C20H33N3/c2*1-16(2)13-17-14-21-23(15-17)18-6-11-22(12-7-18)19-5-3-8-20(19)9-4-10-20/h2*14-16,18-19H,3-13H2,1-2H3/t2*19-/m10/s1. The number of nitrogens with zero attached hydrogens (tertiary/aromatic N) is 6. The van der Waals surface area contributed by atoms with E-state index in [9.17, 15) is 0 Å². The van der Waals surface area contributed by atoms with Crippen LogP contribution in [-0.4, -0.2) is 67.6 Å². The molecule has 46 heavy (non-hydrogen) atoms. The predicted molar refractivity (Wildman–Crippen MR) is 189 cm³/mol. The van der Waals surface area contributed by atoms with Gasteiger partial charge in [0.05, 0.1) is 24.5 Å². The molecule has 0 bridgehead atoms. The maximum absolute atomic E-state index is 4.67. The van der Waals surface area contributed by atoms with E-state index in [1.54, 1.807) is 0 Å². The minimum absolute atomic E-state index is 0.630. The zero-order chi connectivity index (χ0) is 31.7. The minimum atomic E-state index is 0.630. The fourth-order valence-corrected chi connectivity index (χ4v) is 11.0. The first-order valence-electron chi connectivity index (χ1n) is 19.9. The third-order valence-electron chi connectivity index (χ3n) is 13.6. The number of aromatic nitrogens is 4. The van der Waals surface area contributed by atoms with E-state index in [4.69, 9.17) is 0 Å². The Hall–Kier alpha value is -1.66. The molecule has 8 rings (SSSR count). The second-order valence-electron chi connectivity index (χ2n) is 17.6. The molecule has 6 aliphatic rings. The Labute approximate surface area is 281 Å². The van der Waals surface area contributed by atoms with Gasteiger partial charge in [0, 0.05) is 50.7 Å². The lowest BCUT2D eigenvalue weighted by molar-refractivity contribution is 0.00572. The number of piperidine rings is 2. The Morgan fingerprint density at radius 2 is 0.935 bits per heavy atom. The summed E-state index contributed by atoms with van der Waals surface area (Å²) in [5, 5.41) is 9.34. The lowest BCUT2D eigenvalue weighted by Gasteiger charge is -2.49. The molecule has 256 valence electrons. The Morgan fingerprint density at radius 3 is 1.26 bits per heavy atom. The molecule has 2 atom stereocenters. The van der Waals surface area contributed by atoms with Crippen LogP contribution in [0.2, 0.25) is 0 Å². The third-order valence-corrected chi connectivity index (χ3v) is 13.6. The van der Waals surface area contributed by atoms with Crippen molar-refractivity contribution in [1.82, 2.24) is 29.4 Å². The van der Waals surface area contributed by atoms with E-state index in [1.165, 1.54) is 140 Å². The van der Waals surface area contributed by atoms with E-state index in [2.05, 4.69) is 81.8 Å². The van der Waals surface area contributed by atoms with Crippen molar-refractivity contribution in [3.05, 3.63) is 35.9 Å². The summed E-state index contributed by atoms with van der Waals surface area (Å²) in [7, 11) is 0. The lowest BCUT2D eigenvalue weighted by Crippen LogP contribution is -2.50. The van der Waals surface area contributed by atoms with Gasteiger partial charge < -0.3 is 0 Å². The molecule has 4 aliphatic carbocycles. The van der Waals surface area contributed by atoms with Crippen LogP contribution in [0.1, 0.15) is 154 Å². The number of hydrogen-bond donors (Lipinski definition) is 0. The molecule has 0 radical (unpaired) electrons. The van der Waals surface area contributed by atoms with Gasteiger partial charge >= 0.3 is 0 Å². The van der Waals surface area contributed by atoms with Crippen LogP contribution in [0.25, 0.3) is 0 Å². The van der Waals surface area contributed by atoms with Crippen LogP contribution in [-0.2, 0) is 12.8 Å². The molecular weight excluding hydrogens is 564 g/mol. The van der Waals surface area contributed by atoms with Crippen molar-refractivity contribution in [1.29, 1.82) is 0 Å². The molecule has 6 fully saturated rings. The summed E-state index contributed by atoms with van der Waals surface area (Å²) in [6, 6.07) is 3.08. The van der Waals surface area contributed by atoms with Gasteiger partial charge in [0.25, 0.3) is 0 Å². The van der Waals surface area contributed by atoms with Crippen molar-refractivity contribution in [2.24, 2.45) is 22.7 Å². The van der Waals surface area contributed by atoms with Gasteiger partial charge in [-0.2, -0.15) is 10.2 Å². The van der Waals surface area contributed by atoms with E-state index >= 15 is 0 Å². The summed E-state index contributed by atoms with van der Waals surface area (Å²) < 4.78 is 4.53. The largest absolute Gasteiger partial charge is 0.300 e. The van der Waals surface area contributed by atoms with Crippen molar-refractivity contribution in [2.75, 3.05) is 26.2 Å². The second-order valence-corrected chi connectivity index (χ2v) is 17.6. The smallest absolute Gasteiger partial charge is 0.0543 e. The van der Waals surface area contributed by atoms with Gasteiger partial charge in [-0.15, -0.1) is 0 Å². The van der Waals surface area contributed by atoms with Crippen LogP contribution in [0.3, 0.4) is 0 Å². The van der Waals surface area contributed by atoms with Gasteiger partial charge in [0.2, 0.25) is 0 Å². The van der Waals surface area contributed by atoms with Crippen molar-refractivity contribution in [2.45, 2.75) is 167 Å². The second kappa shape index (κ2) is 14.1. The topological polar surface area (TPSA) is 42.1 Å². The number of hydrogen-bond acceptors (Lipinski definition) is 4. The van der Waals surface area contributed by atoms with E-state index < -0.39 is 0 Å². The maximum atomic E-state index is 4.67. The van der Waals surface area contributed by atoms with Gasteiger partial charge in [0.1, 0.15) is 0 Å². The summed E-state index contributed by atoms with van der Waals surface area (Å²) in [5.74, 6) is 1.44. The quantitative estimate of drug-likeness (QED) is 0.292. The summed E-state index contributed by atoms with van der Waals surface area (Å²) in [6.45, 7) is 14.3. The Morgan fingerprint density at radius 1 is 0.565 bits per heavy atom. The molecule has 2 aromatic heterocycles. The van der Waals surface area contributed by atoms with E-state index in [0.717, 1.165) is 47.6 Å². The highest BCUT2D eigenvalue weighted by molar-refractivity contribution is 5.08. The van der Waals surface area contributed by atoms with Crippen LogP contribution >= 0.6 is 0 Å². The summed E-state index contributed by atoms with van der Waals surface area (Å²) in [6.07, 6.45) is 34.2. The summed E-state index contributed by atoms with van der Waals surface area (Å²) in [4.78, 5) is 5.70. The van der Waals surface area contributed by atoms with Gasteiger partial charge in [-0.1, -0.05) is 53.4 Å². The summed E-state index contributed by atoms with van der Waals surface area (Å²) in [5.41, 5.74) is 4.30. The normalized spacial score (nSPS) is 28.6. The highest BCUT2D eigenvalue weighted by atomic mass is 15.3. The molecule has 6 nitrogen and oxygen atoms in total. The first-order valence-corrected chi connectivity index (χ1v) is 19.9. The average Bonchev–Trinajstić information content (AvgIpc) is 3.82. The molecule has 2 aliphatic heterocycles. The van der Waals surface area contributed by atoms with Crippen LogP contribution in [0.4, 0.5) is 0 Å². The fraction of sp³-hybridized carbons (Fsp3) is 0.850. The van der Waals surface area contributed by atoms with E-state index in [0.29, 0.717) is 12.1 Å². The van der Waals surface area contributed by atoms with Gasteiger partial charge in [-0.05, 0) is 124 Å². The number of rotatable bonds is 8. The molecule has 2 saturated heterocycles. The first kappa shape index (κ1) is 32.9. The maximum Gasteiger partial charge on any atom is 0.0543 e. The third kappa shape index (κ3) is 6.91. The van der Waals surface area contributed by atoms with Gasteiger partial charge in [0.15, 0.2) is 0 Å². The highest BCUT2D eigenvalue weighted by Crippen LogP contribution is 2.56. The number of likely N-dealkylation sites (tertiary alicyclic amines) is 2. The minimum Gasteiger partial charge on any atom is -0.300 e. The Balaban J connectivity index is 0.000000147.